The van der Waals surface area contributed by atoms with E-state index < -0.39 is 28.9 Å². The van der Waals surface area contributed by atoms with E-state index >= 15 is 0 Å². The number of carbonyl (C=O) groups excluding carboxylic acids is 3. The van der Waals surface area contributed by atoms with E-state index in [1.54, 1.807) is 21.3 Å². The Bertz CT molecular complexity index is 3100. The largest absolute Gasteiger partial charge is 0.514 e. The Hall–Kier alpha value is -4.67. The van der Waals surface area contributed by atoms with E-state index in [9.17, 15) is 24.5 Å². The summed E-state index contributed by atoms with van der Waals surface area (Å²) in [5, 5.41) is 13.9. The molecule has 15 heterocycles. The number of esters is 1. The molecule has 3 saturated carbocycles. The van der Waals surface area contributed by atoms with E-state index in [0.717, 1.165) is 96.8 Å². The molecule has 15 saturated heterocycles. The number of hydrogen-bond donors (Lipinski definition) is 2. The number of methoxy groups -OCH3 is 3. The molecule has 3 aliphatic carbocycles. The van der Waals surface area contributed by atoms with Gasteiger partial charge in [-0.05, 0) is 219 Å². The highest BCUT2D eigenvalue weighted by atomic mass is 16.7. The van der Waals surface area contributed by atoms with Gasteiger partial charge in [-0.3, -0.25) is 14.9 Å². The molecule has 1 amide bonds. The van der Waals surface area contributed by atoms with Crippen LogP contribution in [0.15, 0.2) is 59.7 Å². The van der Waals surface area contributed by atoms with Crippen molar-refractivity contribution in [3.8, 4) is 5.75 Å². The van der Waals surface area contributed by atoms with Crippen LogP contribution in [0.1, 0.15) is 159 Å². The number of nitrogens with zero attached hydrogens (tertiary/aromatic N) is 4. The number of epoxide rings is 6. The van der Waals surface area contributed by atoms with E-state index in [0.29, 0.717) is 49.2 Å². The number of amides is 1. The highest BCUT2D eigenvalue weighted by molar-refractivity contribution is 5.70. The quantitative estimate of drug-likeness (QED) is 0.0233. The summed E-state index contributed by atoms with van der Waals surface area (Å²) in [6, 6.07) is 5.94. The van der Waals surface area contributed by atoms with Gasteiger partial charge < -0.3 is 87.3 Å². The van der Waals surface area contributed by atoms with Crippen molar-refractivity contribution >= 4 is 23.9 Å². The Kier molecular flexibility index (Phi) is 23.1. The van der Waals surface area contributed by atoms with E-state index in [1.165, 1.54) is 100 Å². The molecule has 5 unspecified atom stereocenters. The van der Waals surface area contributed by atoms with Crippen LogP contribution in [-0.4, -0.2) is 239 Å². The lowest BCUT2D eigenvalue weighted by atomic mass is 9.68. The Morgan fingerprint density at radius 2 is 1.06 bits per heavy atom. The van der Waals surface area contributed by atoms with Crippen LogP contribution in [0.5, 0.6) is 5.75 Å². The fourth-order valence-corrected chi connectivity index (χ4v) is 20.2. The van der Waals surface area contributed by atoms with Gasteiger partial charge in [-0.15, -0.1) is 0 Å². The Morgan fingerprint density at radius 3 is 1.45 bits per heavy atom. The van der Waals surface area contributed by atoms with Crippen LogP contribution in [-0.2, 0) is 61.6 Å². The van der Waals surface area contributed by atoms with Crippen LogP contribution in [0.3, 0.4) is 0 Å². The molecule has 18 fully saturated rings. The highest BCUT2D eigenvalue weighted by Gasteiger charge is 2.75. The van der Waals surface area contributed by atoms with Crippen molar-refractivity contribution in [1.29, 1.82) is 0 Å². The van der Waals surface area contributed by atoms with Gasteiger partial charge in [0.2, 0.25) is 0 Å². The zero-order valence-corrected chi connectivity index (χ0v) is 63.4. The van der Waals surface area contributed by atoms with Gasteiger partial charge in [0.15, 0.2) is 0 Å². The van der Waals surface area contributed by atoms with Gasteiger partial charge in [0, 0.05) is 71.6 Å². The molecule has 3 N–H and O–H groups in total. The fourth-order valence-electron chi connectivity index (χ4n) is 20.2. The molecule has 18 aliphatic rings. The minimum absolute atomic E-state index is 0.0422. The summed E-state index contributed by atoms with van der Waals surface area (Å²) < 4.78 is 77.3. The molecule has 0 radical (unpaired) electrons. The van der Waals surface area contributed by atoms with Gasteiger partial charge in [0.25, 0.3) is 5.69 Å². The van der Waals surface area contributed by atoms with Gasteiger partial charge in [-0.1, -0.05) is 49.3 Å². The van der Waals surface area contributed by atoms with Crippen LogP contribution >= 0.6 is 0 Å². The summed E-state index contributed by atoms with van der Waals surface area (Å²) in [7, 11) is 5.06. The molecule has 15 aliphatic heterocycles. The zero-order valence-electron chi connectivity index (χ0n) is 63.4. The minimum atomic E-state index is -0.879. The van der Waals surface area contributed by atoms with Gasteiger partial charge in [-0.2, -0.15) is 0 Å². The maximum absolute atomic E-state index is 12.9. The summed E-state index contributed by atoms with van der Waals surface area (Å²) in [4.78, 5) is 55.9. The number of allylic oxidation sites excluding steroid dienone is 3. The van der Waals surface area contributed by atoms with E-state index in [-0.39, 0.29) is 118 Å². The maximum Gasteiger partial charge on any atom is 0.514 e. The van der Waals surface area contributed by atoms with Crippen LogP contribution in [0.2, 0.25) is 0 Å². The van der Waals surface area contributed by atoms with Gasteiger partial charge >= 0.3 is 18.2 Å². The second kappa shape index (κ2) is 31.1. The fraction of sp³-hybridized carbons (Fsp3) is 0.810. The first-order chi connectivity index (χ1) is 49.2. The third-order valence-corrected chi connectivity index (χ3v) is 26.5. The summed E-state index contributed by atoms with van der Waals surface area (Å²) in [6.07, 6.45) is 20.4. The lowest BCUT2D eigenvalue weighted by Gasteiger charge is -2.45. The first kappa shape index (κ1) is 76.5. The lowest BCUT2D eigenvalue weighted by Crippen LogP contribution is -2.59. The number of hydrogen-bond acceptors (Lipinski definition) is 22. The number of piperidine rings is 9. The second-order valence-corrected chi connectivity index (χ2v) is 34.2. The maximum atomic E-state index is 12.9. The van der Waals surface area contributed by atoms with Crippen molar-refractivity contribution < 1.29 is 80.9 Å². The van der Waals surface area contributed by atoms with Crippen molar-refractivity contribution in [2.24, 2.45) is 53.1 Å². The lowest BCUT2D eigenvalue weighted by molar-refractivity contribution is -0.384. The smallest absolute Gasteiger partial charge is 0.460 e. The number of carbonyl (C=O) groups is 3. The second-order valence-electron chi connectivity index (χ2n) is 34.2. The molecule has 3 spiro atoms. The molecular formula is C79H120N6O18. The Morgan fingerprint density at radius 1 is 0.612 bits per heavy atom. The molecule has 1 aromatic carbocycles. The first-order valence-electron chi connectivity index (χ1n) is 38.9. The van der Waals surface area contributed by atoms with Gasteiger partial charge in [0.05, 0.1) is 54.7 Å². The summed E-state index contributed by atoms with van der Waals surface area (Å²) in [5.41, 5.74) is 6.65. The molecule has 103 heavy (non-hydrogen) atoms. The average Bonchev–Trinajstić information content (AvgIpc) is 1.54. The summed E-state index contributed by atoms with van der Waals surface area (Å²) >= 11 is 0. The van der Waals surface area contributed by atoms with Crippen molar-refractivity contribution in [3.63, 3.8) is 0 Å². The number of ether oxygens (including phenoxy) is 13. The molecule has 19 rings (SSSR count). The van der Waals surface area contributed by atoms with Crippen molar-refractivity contribution in [3.05, 3.63) is 69.8 Å². The van der Waals surface area contributed by atoms with E-state index in [4.69, 9.17) is 67.3 Å². The average molecular weight is 1440 g/mol. The highest BCUT2D eigenvalue weighted by Crippen LogP contribution is 2.63. The van der Waals surface area contributed by atoms with Gasteiger partial charge in [-0.25, -0.2) is 9.59 Å². The standard InChI is InChI=1S/C25H39NO5.C24H38N2O5.C23H29NO8.C7H14N2/c1-16(2)5-6-20-24(3,31-20)23-22(28-4)19(7-10-25(23)15-29-25)30-21(27)13-18-14-26-11-8-17(18)9-12-26;1-15(2)5-6-19-23(3,31-19)21-20(28-4)18(7-10-24(21)14-29-24)30-22(27)25-17-13-26-11-8-16(17)9-12-26;1-14(2)5-10-18-22(3,32-18)20-19(28-4)17(11-12-23(20)13-29-23)31-21(25)30-16-8-6-15(7-9-16)24(26)27;8-7-5-9-3-1-6(7)2-4-9/h5,17-20,22-23H,6-15H2,1-4H3;5,16-21H,6-14H2,1-4H3,(H,25,27);5-10,14,17-20H,11-13H2,1-4H3;6-7H,1-5,8H2/b;;10-5+;/t18?,19-,20-,22-,23-,24+,25+;17?,18-,19-,20-,21?,23-,24+;17-,18-,19-,20?,22-,23+;/m111./s1. The van der Waals surface area contributed by atoms with Crippen molar-refractivity contribution in [1.82, 2.24) is 20.0 Å². The van der Waals surface area contributed by atoms with Crippen molar-refractivity contribution in [2.75, 3.05) is 100 Å². The molecule has 6 bridgehead atoms. The SMILES string of the molecule is CO[C@@H]1[C@H](OC(=O)CC2CN3CCC2CC3)CC[C@]2(CO2)[C@H]1[C@@]1(C)O[C@@H]1CC=C(C)C.CO[C@H]1C([C@]2(C)O[C@@H]2/C=C/C(C)C)[C@]2(CC[C@H]1OC(=O)Oc1ccc([N+](=O)[O-])cc1)CO2.CO[C@H]1C([C@]2(C)O[C@@H]2CC=C(C)C)[C@]2(CC[C@H]1OC(=O)NC1CN3CCC1CC3)CO2.NC1CN2CCC1CC2. The molecule has 574 valence electrons. The number of fused-ring (bicyclic) bond motifs is 9. The van der Waals surface area contributed by atoms with E-state index in [1.807, 2.05) is 0 Å². The van der Waals surface area contributed by atoms with Crippen LogP contribution < -0.4 is 15.8 Å². The topological polar surface area (TPSA) is 282 Å². The minimum Gasteiger partial charge on any atom is -0.460 e. The van der Waals surface area contributed by atoms with Crippen LogP contribution in [0.4, 0.5) is 15.3 Å². The molecule has 1 aromatic rings. The Balaban J connectivity index is 0.000000129. The Labute approximate surface area is 610 Å². The normalized spacial score (nSPS) is 44.2. The number of rotatable bonds is 20. The van der Waals surface area contributed by atoms with Crippen LogP contribution in [0, 0.1) is 57.5 Å². The zero-order chi connectivity index (χ0) is 73.0. The van der Waals surface area contributed by atoms with Crippen molar-refractivity contribution in [2.45, 2.75) is 259 Å². The third-order valence-electron chi connectivity index (χ3n) is 26.5. The number of benzene rings is 1. The summed E-state index contributed by atoms with van der Waals surface area (Å²) in [5.74, 6) is 3.15. The monoisotopic (exact) mass is 1440 g/mol. The number of nitro groups is 1. The van der Waals surface area contributed by atoms with Gasteiger partial charge in [0.1, 0.15) is 82.1 Å². The number of alkyl carbamates (subject to hydrolysis) is 1. The molecule has 21 atom stereocenters. The molecular weight excluding hydrogens is 1320 g/mol. The molecule has 24 heteroatoms. The molecule has 24 nitrogen and oxygen atoms in total. The predicted molar refractivity (Wildman–Crippen MR) is 383 cm³/mol. The first-order valence-corrected chi connectivity index (χ1v) is 38.9. The number of nitrogens with two attached hydrogens (primary N) is 1. The van der Waals surface area contributed by atoms with Crippen LogP contribution in [0.25, 0.3) is 0 Å². The number of non-ortho nitro benzene ring substituents is 1. The predicted octanol–water partition coefficient (Wildman–Crippen LogP) is 10.3. The molecule has 0 aromatic heterocycles. The third kappa shape index (κ3) is 17.0. The summed E-state index contributed by atoms with van der Waals surface area (Å²) in [6.45, 7) is 31.7. The number of nitro benzene ring substituents is 1. The van der Waals surface area contributed by atoms with E-state index in [2.05, 4.69) is 107 Å². The number of nitrogens with one attached hydrogen (secondary N) is 1.